The minimum atomic E-state index is -0.0113. The zero-order chi connectivity index (χ0) is 11.3. The molecular formula is C12H14O3. The molecule has 0 fully saturated rings. The highest BCUT2D eigenvalue weighted by atomic mass is 16.5. The first-order valence-corrected chi connectivity index (χ1v) is 4.78. The predicted molar refractivity (Wildman–Crippen MR) is 57.0 cm³/mol. The van der Waals surface area contributed by atoms with Gasteiger partial charge < -0.3 is 4.74 Å². The molecule has 0 atom stereocenters. The van der Waals surface area contributed by atoms with Gasteiger partial charge in [-0.1, -0.05) is 12.1 Å². The van der Waals surface area contributed by atoms with Gasteiger partial charge in [0.15, 0.2) is 5.78 Å². The van der Waals surface area contributed by atoms with Gasteiger partial charge in [0.2, 0.25) is 0 Å². The summed E-state index contributed by atoms with van der Waals surface area (Å²) in [7, 11) is 0. The number of hydrogen-bond donors (Lipinski definition) is 0. The molecule has 0 aliphatic heterocycles. The van der Waals surface area contributed by atoms with E-state index in [2.05, 4.69) is 0 Å². The Kier molecular flexibility index (Phi) is 4.03. The Bertz CT molecular complexity index is 352. The van der Waals surface area contributed by atoms with E-state index in [1.54, 1.807) is 19.1 Å². The molecule has 0 saturated heterocycles. The van der Waals surface area contributed by atoms with Crippen LogP contribution in [0.1, 0.15) is 19.4 Å². The molecule has 0 radical (unpaired) electrons. The molecule has 0 saturated carbocycles. The van der Waals surface area contributed by atoms with Crippen molar-refractivity contribution in [2.45, 2.75) is 20.3 Å². The van der Waals surface area contributed by atoms with Crippen molar-refractivity contribution in [2.75, 3.05) is 6.61 Å². The van der Waals surface area contributed by atoms with Gasteiger partial charge in [-0.2, -0.15) is 0 Å². The number of rotatable bonds is 5. The second kappa shape index (κ2) is 5.29. The first kappa shape index (κ1) is 11.4. The van der Waals surface area contributed by atoms with Crippen LogP contribution in [0.3, 0.4) is 0 Å². The van der Waals surface area contributed by atoms with Crippen molar-refractivity contribution < 1.29 is 14.3 Å². The van der Waals surface area contributed by atoms with E-state index in [0.29, 0.717) is 12.2 Å². The van der Waals surface area contributed by atoms with Crippen LogP contribution in [-0.4, -0.2) is 18.2 Å². The summed E-state index contributed by atoms with van der Waals surface area (Å²) in [6, 6.07) is 7.19. The summed E-state index contributed by atoms with van der Waals surface area (Å²) < 4.78 is 5.19. The standard InChI is InChI=1S/C12H14O3/c1-9(13)7-11-3-5-12(6-4-11)15-8-10(2)14/h3-6H,7-8H2,1-2H3. The molecule has 1 rings (SSSR count). The van der Waals surface area contributed by atoms with Gasteiger partial charge in [-0.25, -0.2) is 0 Å². The lowest BCUT2D eigenvalue weighted by molar-refractivity contribution is -0.119. The van der Waals surface area contributed by atoms with Gasteiger partial charge in [0.05, 0.1) is 0 Å². The second-order valence-electron chi connectivity index (χ2n) is 3.51. The third-order valence-corrected chi connectivity index (χ3v) is 1.82. The molecule has 0 aliphatic rings. The maximum Gasteiger partial charge on any atom is 0.167 e. The van der Waals surface area contributed by atoms with Gasteiger partial charge in [0, 0.05) is 6.42 Å². The molecule has 1 aromatic rings. The van der Waals surface area contributed by atoms with Crippen LogP contribution in [0.15, 0.2) is 24.3 Å². The van der Waals surface area contributed by atoms with E-state index >= 15 is 0 Å². The summed E-state index contributed by atoms with van der Waals surface area (Å²) in [5.41, 5.74) is 0.956. The maximum absolute atomic E-state index is 10.8. The highest BCUT2D eigenvalue weighted by Crippen LogP contribution is 2.12. The average Bonchev–Trinajstić information content (AvgIpc) is 2.16. The Morgan fingerprint density at radius 3 is 2.13 bits per heavy atom. The first-order chi connectivity index (χ1) is 7.08. The van der Waals surface area contributed by atoms with Crippen LogP contribution in [0, 0.1) is 0 Å². The number of benzene rings is 1. The summed E-state index contributed by atoms with van der Waals surface area (Å²) in [5, 5.41) is 0. The molecule has 0 aromatic heterocycles. The van der Waals surface area contributed by atoms with Crippen molar-refractivity contribution in [3.8, 4) is 5.75 Å². The summed E-state index contributed by atoms with van der Waals surface area (Å²) in [4.78, 5) is 21.5. The number of Topliss-reactive ketones (excluding diaryl/α,β-unsaturated/α-hetero) is 2. The van der Waals surface area contributed by atoms with E-state index in [9.17, 15) is 9.59 Å². The van der Waals surface area contributed by atoms with Gasteiger partial charge in [0.25, 0.3) is 0 Å². The van der Waals surface area contributed by atoms with Crippen LogP contribution >= 0.6 is 0 Å². The van der Waals surface area contributed by atoms with Gasteiger partial charge in [0.1, 0.15) is 18.1 Å². The topological polar surface area (TPSA) is 43.4 Å². The van der Waals surface area contributed by atoms with Crippen molar-refractivity contribution >= 4 is 11.6 Å². The molecule has 0 amide bonds. The predicted octanol–water partition coefficient (Wildman–Crippen LogP) is 1.79. The van der Waals surface area contributed by atoms with Crippen LogP contribution in [0.25, 0.3) is 0 Å². The summed E-state index contributed by atoms with van der Waals surface area (Å²) in [6.07, 6.45) is 0.437. The molecule has 3 heteroatoms. The minimum Gasteiger partial charge on any atom is -0.486 e. The van der Waals surface area contributed by atoms with E-state index < -0.39 is 0 Å². The number of hydrogen-bond acceptors (Lipinski definition) is 3. The molecule has 0 heterocycles. The highest BCUT2D eigenvalue weighted by molar-refractivity contribution is 5.78. The SMILES string of the molecule is CC(=O)COc1ccc(CC(C)=O)cc1. The third-order valence-electron chi connectivity index (χ3n) is 1.82. The first-order valence-electron chi connectivity index (χ1n) is 4.78. The Balaban J connectivity index is 2.56. The molecule has 0 spiro atoms. The molecule has 0 bridgehead atoms. The summed E-state index contributed by atoms with van der Waals surface area (Å²) >= 11 is 0. The molecule has 1 aromatic carbocycles. The quantitative estimate of drug-likeness (QED) is 0.737. The smallest absolute Gasteiger partial charge is 0.167 e. The third kappa shape index (κ3) is 4.40. The number of ether oxygens (including phenoxy) is 1. The molecule has 0 unspecified atom stereocenters. The van der Waals surface area contributed by atoms with Crippen molar-refractivity contribution in [1.82, 2.24) is 0 Å². The fourth-order valence-electron chi connectivity index (χ4n) is 1.18. The maximum atomic E-state index is 10.8. The number of carbonyl (C=O) groups is 2. The fraction of sp³-hybridized carbons (Fsp3) is 0.333. The monoisotopic (exact) mass is 206 g/mol. The molecule has 3 nitrogen and oxygen atoms in total. The Morgan fingerprint density at radius 1 is 1.07 bits per heavy atom. The molecular weight excluding hydrogens is 192 g/mol. The van der Waals surface area contributed by atoms with E-state index in [-0.39, 0.29) is 18.2 Å². The highest BCUT2D eigenvalue weighted by Gasteiger charge is 1.99. The Morgan fingerprint density at radius 2 is 1.67 bits per heavy atom. The van der Waals surface area contributed by atoms with E-state index in [1.807, 2.05) is 12.1 Å². The van der Waals surface area contributed by atoms with Gasteiger partial charge in [-0.05, 0) is 31.5 Å². The lowest BCUT2D eigenvalue weighted by Crippen LogP contribution is -2.06. The van der Waals surface area contributed by atoms with Crippen LogP contribution < -0.4 is 4.74 Å². The molecule has 0 N–H and O–H groups in total. The number of carbonyl (C=O) groups excluding carboxylic acids is 2. The summed E-state index contributed by atoms with van der Waals surface area (Å²) in [6.45, 7) is 3.12. The molecule has 80 valence electrons. The molecule has 0 aliphatic carbocycles. The van der Waals surface area contributed by atoms with Gasteiger partial charge >= 0.3 is 0 Å². The van der Waals surface area contributed by atoms with Crippen molar-refractivity contribution in [2.24, 2.45) is 0 Å². The Labute approximate surface area is 89.1 Å². The molecule has 15 heavy (non-hydrogen) atoms. The van der Waals surface area contributed by atoms with Crippen LogP contribution in [0.2, 0.25) is 0 Å². The van der Waals surface area contributed by atoms with E-state index in [1.165, 1.54) is 6.92 Å². The van der Waals surface area contributed by atoms with Gasteiger partial charge in [-0.15, -0.1) is 0 Å². The second-order valence-corrected chi connectivity index (χ2v) is 3.51. The number of ketones is 2. The van der Waals surface area contributed by atoms with Crippen molar-refractivity contribution in [1.29, 1.82) is 0 Å². The van der Waals surface area contributed by atoms with Crippen LogP contribution in [-0.2, 0) is 16.0 Å². The lowest BCUT2D eigenvalue weighted by atomic mass is 10.1. The van der Waals surface area contributed by atoms with Crippen molar-refractivity contribution in [3.05, 3.63) is 29.8 Å². The van der Waals surface area contributed by atoms with Crippen molar-refractivity contribution in [3.63, 3.8) is 0 Å². The largest absolute Gasteiger partial charge is 0.486 e. The fourth-order valence-corrected chi connectivity index (χ4v) is 1.18. The van der Waals surface area contributed by atoms with E-state index in [4.69, 9.17) is 4.74 Å². The van der Waals surface area contributed by atoms with E-state index in [0.717, 1.165) is 5.56 Å². The zero-order valence-electron chi connectivity index (χ0n) is 8.95. The minimum absolute atomic E-state index is 0.0113. The lowest BCUT2D eigenvalue weighted by Gasteiger charge is -2.04. The normalized spacial score (nSPS) is 9.73. The van der Waals surface area contributed by atoms with Crippen LogP contribution in [0.4, 0.5) is 0 Å². The van der Waals surface area contributed by atoms with Gasteiger partial charge in [-0.3, -0.25) is 9.59 Å². The average molecular weight is 206 g/mol. The zero-order valence-corrected chi connectivity index (χ0v) is 8.95. The Hall–Kier alpha value is -1.64. The summed E-state index contributed by atoms with van der Waals surface area (Å²) in [5.74, 6) is 0.771. The van der Waals surface area contributed by atoms with Crippen LogP contribution in [0.5, 0.6) is 5.75 Å².